The molecule has 0 radical (unpaired) electrons. The van der Waals surface area contributed by atoms with Gasteiger partial charge in [0.25, 0.3) is 0 Å². The number of carbonyl (C=O) groups excluding carboxylic acids is 3. The molecule has 0 amide bonds. The number of hydrogen-bond acceptors (Lipinski definition) is 4. The third-order valence-electron chi connectivity index (χ3n) is 11.8. The van der Waals surface area contributed by atoms with Gasteiger partial charge in [-0.05, 0) is 98.7 Å². The number of esters is 1. The van der Waals surface area contributed by atoms with E-state index in [0.717, 1.165) is 51.4 Å². The maximum atomic E-state index is 13.6. The summed E-state index contributed by atoms with van der Waals surface area (Å²) in [6, 6.07) is 16.5. The van der Waals surface area contributed by atoms with Crippen LogP contribution < -0.4 is 0 Å². The Morgan fingerprint density at radius 1 is 0.900 bits per heavy atom. The van der Waals surface area contributed by atoms with E-state index in [9.17, 15) is 14.4 Å². The number of carbonyl (C=O) groups is 3. The zero-order valence-corrected chi connectivity index (χ0v) is 23.6. The molecular weight excluding hydrogens is 498 g/mol. The number of aromatic nitrogens is 1. The smallest absolute Gasteiger partial charge is 0.340 e. The summed E-state index contributed by atoms with van der Waals surface area (Å²) in [5.41, 5.74) is 2.39. The fourth-order valence-electron chi connectivity index (χ4n) is 9.54. The molecule has 7 atom stereocenters. The van der Waals surface area contributed by atoms with Crippen molar-refractivity contribution in [2.75, 3.05) is 0 Å². The van der Waals surface area contributed by atoms with Gasteiger partial charge in [0.1, 0.15) is 11.9 Å². The standard InChI is InChI=1S/C35H39NO4/c1-34-17-15-24(20-23(34)11-12-25-27-13-14-31(37)35(27,2)18-16-28(25)34)40-33(39)26-21-30(36-19-7-6-10-29(26)36)32(38)22-8-4-3-5-9-22/h3-10,19,21,23-25,27-28H,11-18,20H2,1-2H3/t23-,24-,25-,27-,28-,34-,35-/m0/s1. The summed E-state index contributed by atoms with van der Waals surface area (Å²) >= 11 is 0. The summed E-state index contributed by atoms with van der Waals surface area (Å²) in [7, 11) is 0. The molecule has 40 heavy (non-hydrogen) atoms. The molecule has 2 aromatic heterocycles. The van der Waals surface area contributed by atoms with Gasteiger partial charge in [-0.2, -0.15) is 0 Å². The maximum absolute atomic E-state index is 13.6. The lowest BCUT2D eigenvalue weighted by molar-refractivity contribution is -0.142. The van der Waals surface area contributed by atoms with Gasteiger partial charge in [-0.3, -0.25) is 9.59 Å². The van der Waals surface area contributed by atoms with E-state index in [2.05, 4.69) is 13.8 Å². The molecule has 1 aromatic carbocycles. The van der Waals surface area contributed by atoms with Gasteiger partial charge in [0.05, 0.1) is 16.8 Å². The summed E-state index contributed by atoms with van der Waals surface area (Å²) in [6.45, 7) is 4.74. The monoisotopic (exact) mass is 537 g/mol. The van der Waals surface area contributed by atoms with Gasteiger partial charge in [0.2, 0.25) is 5.78 Å². The van der Waals surface area contributed by atoms with Crippen molar-refractivity contribution >= 4 is 23.1 Å². The number of fused-ring (bicyclic) bond motifs is 6. The van der Waals surface area contributed by atoms with Crippen LogP contribution in [0.1, 0.15) is 98.0 Å². The van der Waals surface area contributed by atoms with Crippen LogP contribution >= 0.6 is 0 Å². The van der Waals surface area contributed by atoms with Crippen molar-refractivity contribution < 1.29 is 19.1 Å². The van der Waals surface area contributed by atoms with Crippen LogP contribution in [0.15, 0.2) is 60.8 Å². The second kappa shape index (κ2) is 9.43. The molecule has 4 aliphatic rings. The molecule has 5 heteroatoms. The van der Waals surface area contributed by atoms with Crippen LogP contribution in [0, 0.1) is 34.5 Å². The van der Waals surface area contributed by atoms with E-state index in [1.807, 2.05) is 42.6 Å². The maximum Gasteiger partial charge on any atom is 0.340 e. The van der Waals surface area contributed by atoms with Crippen molar-refractivity contribution in [1.29, 1.82) is 0 Å². The van der Waals surface area contributed by atoms with Gasteiger partial charge in [-0.1, -0.05) is 50.2 Å². The van der Waals surface area contributed by atoms with Gasteiger partial charge < -0.3 is 9.14 Å². The zero-order valence-electron chi connectivity index (χ0n) is 23.6. The Morgan fingerprint density at radius 2 is 1.70 bits per heavy atom. The van der Waals surface area contributed by atoms with Crippen LogP contribution in [-0.2, 0) is 9.53 Å². The minimum Gasteiger partial charge on any atom is -0.459 e. The lowest BCUT2D eigenvalue weighted by Gasteiger charge is -2.60. The van der Waals surface area contributed by atoms with Gasteiger partial charge in [0, 0.05) is 23.6 Å². The van der Waals surface area contributed by atoms with E-state index in [-0.39, 0.29) is 28.7 Å². The molecular formula is C35H39NO4. The van der Waals surface area contributed by atoms with Gasteiger partial charge in [0.15, 0.2) is 0 Å². The zero-order chi connectivity index (χ0) is 27.6. The average Bonchev–Trinajstić information content (AvgIpc) is 3.51. The van der Waals surface area contributed by atoms with E-state index < -0.39 is 0 Å². The third kappa shape index (κ3) is 3.83. The van der Waals surface area contributed by atoms with E-state index in [1.165, 1.54) is 6.42 Å². The molecule has 4 fully saturated rings. The minimum absolute atomic E-state index is 0.0851. The number of hydrogen-bond donors (Lipinski definition) is 0. The quantitative estimate of drug-likeness (QED) is 0.259. The molecule has 0 saturated heterocycles. The summed E-state index contributed by atoms with van der Waals surface area (Å²) in [4.78, 5) is 39.6. The highest BCUT2D eigenvalue weighted by Crippen LogP contribution is 2.65. The van der Waals surface area contributed by atoms with Crippen LogP contribution in [0.3, 0.4) is 0 Å². The Hall–Kier alpha value is -3.21. The van der Waals surface area contributed by atoms with Crippen LogP contribution in [0.25, 0.3) is 5.52 Å². The molecule has 3 aromatic rings. The Morgan fingerprint density at radius 3 is 2.52 bits per heavy atom. The average molecular weight is 538 g/mol. The predicted molar refractivity (Wildman–Crippen MR) is 153 cm³/mol. The molecule has 4 saturated carbocycles. The molecule has 0 aliphatic heterocycles. The molecule has 0 N–H and O–H groups in total. The number of nitrogens with zero attached hydrogens (tertiary/aromatic N) is 1. The molecule has 0 spiro atoms. The van der Waals surface area contributed by atoms with Gasteiger partial charge in [-0.25, -0.2) is 4.79 Å². The SMILES string of the molecule is C[C@]12CC[C@H](OC(=O)c3cc(C(=O)c4ccccc4)n4ccccc34)C[C@@H]1CC[C@@H]1[C@@H]2CC[C@]2(C)C(=O)CC[C@@H]12. The molecule has 7 rings (SSSR count). The molecule has 2 heterocycles. The molecule has 208 valence electrons. The van der Waals surface area contributed by atoms with Crippen molar-refractivity contribution in [2.24, 2.45) is 34.5 Å². The lowest BCUT2D eigenvalue weighted by atomic mass is 9.45. The fraction of sp³-hybridized carbons (Fsp3) is 0.514. The van der Waals surface area contributed by atoms with Crippen LogP contribution in [0.4, 0.5) is 0 Å². The van der Waals surface area contributed by atoms with Gasteiger partial charge in [-0.15, -0.1) is 0 Å². The first-order valence-electron chi connectivity index (χ1n) is 15.2. The Bertz CT molecular complexity index is 1490. The predicted octanol–water partition coefficient (Wildman–Crippen LogP) is 7.31. The number of ether oxygens (including phenoxy) is 1. The number of pyridine rings is 1. The number of ketones is 2. The number of rotatable bonds is 4. The fourth-order valence-corrected chi connectivity index (χ4v) is 9.54. The normalized spacial score (nSPS) is 35.0. The van der Waals surface area contributed by atoms with Crippen molar-refractivity contribution in [1.82, 2.24) is 4.40 Å². The highest BCUT2D eigenvalue weighted by Gasteiger charge is 2.60. The van der Waals surface area contributed by atoms with E-state index in [4.69, 9.17) is 4.74 Å². The Labute approximate surface area is 236 Å². The first kappa shape index (κ1) is 25.7. The Balaban J connectivity index is 1.09. The first-order chi connectivity index (χ1) is 19.3. The Kier molecular flexibility index (Phi) is 6.07. The second-order valence-corrected chi connectivity index (χ2v) is 13.5. The van der Waals surface area contributed by atoms with Crippen molar-refractivity contribution in [3.05, 3.63) is 77.6 Å². The van der Waals surface area contributed by atoms with Crippen LogP contribution in [0.2, 0.25) is 0 Å². The van der Waals surface area contributed by atoms with Crippen LogP contribution in [-0.4, -0.2) is 28.0 Å². The summed E-state index contributed by atoms with van der Waals surface area (Å²) in [5, 5.41) is 0. The number of benzene rings is 1. The van der Waals surface area contributed by atoms with Crippen LogP contribution in [0.5, 0.6) is 0 Å². The summed E-state index contributed by atoms with van der Waals surface area (Å²) < 4.78 is 8.01. The highest BCUT2D eigenvalue weighted by atomic mass is 16.5. The molecule has 0 bridgehead atoms. The van der Waals surface area contributed by atoms with E-state index in [0.29, 0.717) is 51.8 Å². The van der Waals surface area contributed by atoms with Crippen molar-refractivity contribution in [3.63, 3.8) is 0 Å². The topological polar surface area (TPSA) is 64.8 Å². The van der Waals surface area contributed by atoms with E-state index >= 15 is 0 Å². The minimum atomic E-state index is -0.337. The van der Waals surface area contributed by atoms with Gasteiger partial charge >= 0.3 is 5.97 Å². The van der Waals surface area contributed by atoms with E-state index in [1.54, 1.807) is 22.6 Å². The largest absolute Gasteiger partial charge is 0.459 e. The summed E-state index contributed by atoms with van der Waals surface area (Å²) in [6.07, 6.45) is 11.0. The first-order valence-corrected chi connectivity index (χ1v) is 15.2. The molecule has 5 nitrogen and oxygen atoms in total. The second-order valence-electron chi connectivity index (χ2n) is 13.5. The number of Topliss-reactive ketones (excluding diaryl/α,β-unsaturated/α-hetero) is 1. The lowest BCUT2D eigenvalue weighted by Crippen LogP contribution is -2.54. The molecule has 0 unspecified atom stereocenters. The third-order valence-corrected chi connectivity index (χ3v) is 11.8. The van der Waals surface area contributed by atoms with Crippen molar-refractivity contribution in [2.45, 2.75) is 77.7 Å². The highest BCUT2D eigenvalue weighted by molar-refractivity contribution is 6.11. The molecule has 4 aliphatic carbocycles. The van der Waals surface area contributed by atoms with Crippen molar-refractivity contribution in [3.8, 4) is 0 Å². The summed E-state index contributed by atoms with van der Waals surface area (Å²) in [5.74, 6) is 2.50.